The molecular formula is C28H28ClN5O6S3. The lowest BCUT2D eigenvalue weighted by molar-refractivity contribution is -0.115. The van der Waals surface area contributed by atoms with Gasteiger partial charge in [0.25, 0.3) is 5.91 Å². The molecule has 0 saturated carbocycles. The minimum atomic E-state index is -0.723. The maximum Gasteiger partial charge on any atom is 0.348 e. The second kappa shape index (κ2) is 14.6. The summed E-state index contributed by atoms with van der Waals surface area (Å²) >= 11 is 9.66. The monoisotopic (exact) mass is 661 g/mol. The predicted molar refractivity (Wildman–Crippen MR) is 167 cm³/mol. The number of ether oxygens (including phenoxy) is 2. The van der Waals surface area contributed by atoms with Gasteiger partial charge >= 0.3 is 11.9 Å². The van der Waals surface area contributed by atoms with Crippen LogP contribution in [-0.4, -0.2) is 57.0 Å². The van der Waals surface area contributed by atoms with Crippen LogP contribution < -0.4 is 10.6 Å². The smallest absolute Gasteiger partial charge is 0.348 e. The highest BCUT2D eigenvalue weighted by Crippen LogP contribution is 2.35. The van der Waals surface area contributed by atoms with E-state index in [1.165, 1.54) is 11.3 Å². The van der Waals surface area contributed by atoms with Crippen molar-refractivity contribution in [2.75, 3.05) is 18.5 Å². The van der Waals surface area contributed by atoms with Gasteiger partial charge in [0, 0.05) is 5.02 Å². The molecule has 3 aromatic heterocycles. The second-order valence-electron chi connectivity index (χ2n) is 8.82. The number of halogens is 1. The topological polar surface area (TPSA) is 142 Å². The van der Waals surface area contributed by atoms with Gasteiger partial charge in [0.15, 0.2) is 11.0 Å². The van der Waals surface area contributed by atoms with Crippen LogP contribution in [0.5, 0.6) is 0 Å². The van der Waals surface area contributed by atoms with E-state index in [9.17, 15) is 19.2 Å². The lowest BCUT2D eigenvalue weighted by atomic mass is 10.1. The number of hydrogen-bond donors (Lipinski definition) is 2. The molecule has 3 heterocycles. The lowest BCUT2D eigenvalue weighted by Crippen LogP contribution is -2.25. The normalized spacial score (nSPS) is 11.6. The van der Waals surface area contributed by atoms with Gasteiger partial charge in [-0.25, -0.2) is 9.59 Å². The molecule has 15 heteroatoms. The van der Waals surface area contributed by atoms with E-state index in [-0.39, 0.29) is 41.1 Å². The Morgan fingerprint density at radius 2 is 1.81 bits per heavy atom. The van der Waals surface area contributed by atoms with Crippen LogP contribution in [0.15, 0.2) is 46.9 Å². The highest BCUT2D eigenvalue weighted by molar-refractivity contribution is 8.00. The zero-order valence-corrected chi connectivity index (χ0v) is 26.8. The van der Waals surface area contributed by atoms with Gasteiger partial charge in [0.1, 0.15) is 9.88 Å². The van der Waals surface area contributed by atoms with Gasteiger partial charge in [-0.15, -0.1) is 32.9 Å². The van der Waals surface area contributed by atoms with Crippen LogP contribution in [0.4, 0.5) is 5.00 Å². The number of hydrogen-bond acceptors (Lipinski definition) is 11. The van der Waals surface area contributed by atoms with Crippen LogP contribution in [0.3, 0.4) is 0 Å². The second-order valence-corrected chi connectivity index (χ2v) is 12.5. The van der Waals surface area contributed by atoms with E-state index >= 15 is 0 Å². The van der Waals surface area contributed by atoms with Crippen molar-refractivity contribution in [1.29, 1.82) is 0 Å². The molecule has 226 valence electrons. The number of esters is 2. The van der Waals surface area contributed by atoms with Crippen molar-refractivity contribution in [3.05, 3.63) is 73.5 Å². The van der Waals surface area contributed by atoms with Crippen molar-refractivity contribution in [2.24, 2.45) is 0 Å². The number of rotatable bonds is 12. The number of thiophene rings is 2. The molecule has 0 aliphatic heterocycles. The van der Waals surface area contributed by atoms with Crippen LogP contribution >= 0.6 is 46.0 Å². The van der Waals surface area contributed by atoms with E-state index in [0.717, 1.165) is 23.1 Å². The lowest BCUT2D eigenvalue weighted by Gasteiger charge is -2.14. The Hall–Kier alpha value is -3.72. The van der Waals surface area contributed by atoms with Crippen molar-refractivity contribution < 1.29 is 28.7 Å². The maximum atomic E-state index is 13.4. The Bertz CT molecular complexity index is 1640. The molecule has 0 saturated heterocycles. The van der Waals surface area contributed by atoms with Gasteiger partial charge in [-0.05, 0) is 62.9 Å². The molecule has 11 nitrogen and oxygen atoms in total. The summed E-state index contributed by atoms with van der Waals surface area (Å²) in [6, 6.07) is 10.5. The first-order valence-electron chi connectivity index (χ1n) is 13.1. The minimum absolute atomic E-state index is 0.0748. The van der Waals surface area contributed by atoms with Crippen LogP contribution in [0, 0.1) is 6.92 Å². The molecule has 4 aromatic rings. The maximum absolute atomic E-state index is 13.4. The fourth-order valence-electron chi connectivity index (χ4n) is 3.89. The Morgan fingerprint density at radius 1 is 1.07 bits per heavy atom. The number of carbonyl (C=O) groups excluding carboxylic acids is 4. The molecule has 43 heavy (non-hydrogen) atoms. The first-order valence-corrected chi connectivity index (χ1v) is 16.1. The highest BCUT2D eigenvalue weighted by atomic mass is 35.5. The van der Waals surface area contributed by atoms with Gasteiger partial charge in [0.05, 0.1) is 41.1 Å². The van der Waals surface area contributed by atoms with E-state index in [0.29, 0.717) is 32.1 Å². The average molecular weight is 662 g/mol. The van der Waals surface area contributed by atoms with Gasteiger partial charge in [-0.1, -0.05) is 35.5 Å². The fourth-order valence-corrected chi connectivity index (χ4v) is 6.69. The average Bonchev–Trinajstić information content (AvgIpc) is 3.71. The summed E-state index contributed by atoms with van der Waals surface area (Å²) in [4.78, 5) is 52.0. The fraction of sp³-hybridized carbons (Fsp3) is 0.286. The van der Waals surface area contributed by atoms with E-state index in [1.807, 2.05) is 11.4 Å². The zero-order valence-electron chi connectivity index (χ0n) is 23.6. The number of thioether (sulfide) groups is 1. The third-order valence-electron chi connectivity index (χ3n) is 5.89. The third kappa shape index (κ3) is 7.63. The number of nitrogens with zero attached hydrogens (tertiary/aromatic N) is 3. The van der Waals surface area contributed by atoms with Crippen molar-refractivity contribution in [2.45, 2.75) is 44.6 Å². The first-order chi connectivity index (χ1) is 20.6. The third-order valence-corrected chi connectivity index (χ3v) is 9.23. The Morgan fingerprint density at radius 3 is 2.49 bits per heavy atom. The molecule has 0 aliphatic carbocycles. The van der Waals surface area contributed by atoms with Crippen molar-refractivity contribution >= 4 is 74.8 Å². The van der Waals surface area contributed by atoms with Crippen molar-refractivity contribution in [1.82, 2.24) is 20.1 Å². The first kappa shape index (κ1) is 32.2. The predicted octanol–water partition coefficient (Wildman–Crippen LogP) is 5.75. The van der Waals surface area contributed by atoms with Gasteiger partial charge in [-0.3, -0.25) is 14.2 Å². The standard InChI is InChI=1S/C28H28ClN5O6S3/c1-5-39-26(37)21-15(3)22(27(38)40-6-2)43-25(21)31-23(35)16(4)42-28-33-32-20(14-30-24(36)19-11-8-12-41-19)34(28)18-10-7-9-17(29)13-18/h7-13,16H,5-6,14H2,1-4H3,(H,30,36)(H,31,35). The quantitative estimate of drug-likeness (QED) is 0.143. The van der Waals surface area contributed by atoms with Crippen molar-refractivity contribution in [3.8, 4) is 5.69 Å². The summed E-state index contributed by atoms with van der Waals surface area (Å²) in [5, 5.41) is 16.3. The molecule has 0 bridgehead atoms. The van der Waals surface area contributed by atoms with E-state index in [2.05, 4.69) is 20.8 Å². The molecule has 0 radical (unpaired) electrons. The van der Waals surface area contributed by atoms with E-state index < -0.39 is 23.1 Å². The largest absolute Gasteiger partial charge is 0.462 e. The summed E-state index contributed by atoms with van der Waals surface area (Å²) in [6.07, 6.45) is 0. The number of carbonyl (C=O) groups is 4. The molecule has 0 spiro atoms. The molecule has 0 aliphatic rings. The Balaban J connectivity index is 1.59. The van der Waals surface area contributed by atoms with Crippen LogP contribution in [-0.2, 0) is 20.8 Å². The molecule has 1 unspecified atom stereocenters. The van der Waals surface area contributed by atoms with Gasteiger partial charge < -0.3 is 20.1 Å². The van der Waals surface area contributed by atoms with E-state index in [4.69, 9.17) is 21.1 Å². The Labute approximate surface area is 264 Å². The van der Waals surface area contributed by atoms with Gasteiger partial charge in [-0.2, -0.15) is 0 Å². The number of anilines is 1. The van der Waals surface area contributed by atoms with Crippen LogP contribution in [0.2, 0.25) is 5.02 Å². The summed E-state index contributed by atoms with van der Waals surface area (Å²) in [5.74, 6) is -1.51. The summed E-state index contributed by atoms with van der Waals surface area (Å²) in [6.45, 7) is 6.98. The Kier molecular flexibility index (Phi) is 11.0. The summed E-state index contributed by atoms with van der Waals surface area (Å²) in [5.41, 5.74) is 1.12. The molecule has 2 amide bonds. The van der Waals surface area contributed by atoms with Crippen molar-refractivity contribution in [3.63, 3.8) is 0 Å². The van der Waals surface area contributed by atoms with E-state index in [1.54, 1.807) is 62.6 Å². The molecular weight excluding hydrogens is 634 g/mol. The number of amides is 2. The summed E-state index contributed by atoms with van der Waals surface area (Å²) in [7, 11) is 0. The molecule has 2 N–H and O–H groups in total. The highest BCUT2D eigenvalue weighted by Gasteiger charge is 2.29. The van der Waals surface area contributed by atoms with Crippen LogP contribution in [0.25, 0.3) is 5.69 Å². The zero-order chi connectivity index (χ0) is 31.1. The number of nitrogens with one attached hydrogen (secondary N) is 2. The summed E-state index contributed by atoms with van der Waals surface area (Å²) < 4.78 is 12.0. The van der Waals surface area contributed by atoms with Gasteiger partial charge in [0.2, 0.25) is 5.91 Å². The number of benzene rings is 1. The molecule has 1 atom stereocenters. The SMILES string of the molecule is CCOC(=O)c1sc(NC(=O)C(C)Sc2nnc(CNC(=O)c3cccs3)n2-c2cccc(Cl)c2)c(C(=O)OCC)c1C. The molecule has 0 fully saturated rings. The van der Waals surface area contributed by atoms with Crippen LogP contribution in [0.1, 0.15) is 61.9 Å². The minimum Gasteiger partial charge on any atom is -0.462 e. The molecule has 1 aromatic carbocycles. The molecule has 4 rings (SSSR count). The number of aromatic nitrogens is 3.